The molecule has 12 aromatic carbocycles. The summed E-state index contributed by atoms with van der Waals surface area (Å²) in [6, 6.07) is 99.5. The maximum Gasteiger partial charge on any atom is 0.0969 e. The molecule has 0 saturated heterocycles. The van der Waals surface area contributed by atoms with Crippen LogP contribution in [0.4, 0.5) is 0 Å². The zero-order valence-electron chi connectivity index (χ0n) is 43.3. The molecule has 0 aliphatic heterocycles. The Morgan fingerprint density at radius 1 is 0.263 bits per heavy atom. The first kappa shape index (κ1) is 43.7. The van der Waals surface area contributed by atoms with Crippen LogP contribution < -0.4 is 0 Å². The molecular weight excluding hydrogens is 969 g/mol. The van der Waals surface area contributed by atoms with Crippen molar-refractivity contribution in [3.05, 3.63) is 324 Å². The zero-order chi connectivity index (χ0) is 52.3. The van der Waals surface area contributed by atoms with Crippen molar-refractivity contribution in [1.82, 2.24) is 19.1 Å². The predicted molar refractivity (Wildman–Crippen MR) is 329 cm³/mol. The molecule has 370 valence electrons. The smallest absolute Gasteiger partial charge is 0.0969 e. The van der Waals surface area contributed by atoms with Crippen LogP contribution in [-0.2, 0) is 10.8 Å². The summed E-state index contributed by atoms with van der Waals surface area (Å²) in [5.41, 5.74) is 22.8. The molecule has 0 unspecified atom stereocenters. The molecule has 0 saturated carbocycles. The van der Waals surface area contributed by atoms with Gasteiger partial charge >= 0.3 is 0 Å². The number of pyridine rings is 2. The topological polar surface area (TPSA) is 35.6 Å². The van der Waals surface area contributed by atoms with E-state index < -0.39 is 10.8 Å². The maximum absolute atomic E-state index is 5.25. The number of rotatable bonds is 6. The molecule has 4 aromatic heterocycles. The summed E-state index contributed by atoms with van der Waals surface area (Å²) in [5, 5.41) is 9.59. The van der Waals surface area contributed by atoms with Crippen molar-refractivity contribution < 1.29 is 0 Å². The Hall–Kier alpha value is -10.4. The van der Waals surface area contributed by atoms with E-state index in [0.717, 1.165) is 55.2 Å². The van der Waals surface area contributed by atoms with Crippen molar-refractivity contribution in [3.63, 3.8) is 0 Å². The van der Waals surface area contributed by atoms with Gasteiger partial charge < -0.3 is 9.13 Å². The van der Waals surface area contributed by atoms with Gasteiger partial charge in [0.05, 0.1) is 43.9 Å². The van der Waals surface area contributed by atoms with E-state index in [9.17, 15) is 0 Å². The van der Waals surface area contributed by atoms with Gasteiger partial charge in [0.25, 0.3) is 0 Å². The summed E-state index contributed by atoms with van der Waals surface area (Å²) in [6.45, 7) is 0. The van der Waals surface area contributed by atoms with Crippen molar-refractivity contribution in [2.24, 2.45) is 0 Å². The third-order valence-electron chi connectivity index (χ3n) is 18.3. The molecule has 0 radical (unpaired) electrons. The summed E-state index contributed by atoms with van der Waals surface area (Å²) in [4.78, 5) is 10.5. The summed E-state index contributed by atoms with van der Waals surface area (Å²) in [5.74, 6) is 0. The largest absolute Gasteiger partial charge is 0.308 e. The Kier molecular flexibility index (Phi) is 8.77. The lowest BCUT2D eigenvalue weighted by Gasteiger charge is -2.34. The van der Waals surface area contributed by atoms with Crippen LogP contribution in [0.3, 0.4) is 0 Å². The highest BCUT2D eigenvalue weighted by atomic mass is 15.0. The van der Waals surface area contributed by atoms with Crippen LogP contribution in [0.15, 0.2) is 279 Å². The molecule has 2 aliphatic carbocycles. The summed E-state index contributed by atoms with van der Waals surface area (Å²) >= 11 is 0. The minimum absolute atomic E-state index is 0.525. The van der Waals surface area contributed by atoms with Gasteiger partial charge in [-0.1, -0.05) is 206 Å². The van der Waals surface area contributed by atoms with Gasteiger partial charge in [-0.25, -0.2) is 0 Å². The van der Waals surface area contributed by atoms with Crippen molar-refractivity contribution in [2.75, 3.05) is 0 Å². The lowest BCUT2D eigenvalue weighted by atomic mass is 9.67. The van der Waals surface area contributed by atoms with Gasteiger partial charge in [-0.15, -0.1) is 0 Å². The molecule has 2 aliphatic rings. The number of hydrogen-bond donors (Lipinski definition) is 0. The van der Waals surface area contributed by atoms with Gasteiger partial charge in [-0.2, -0.15) is 0 Å². The molecule has 0 fully saturated rings. The Bertz CT molecular complexity index is 4820. The van der Waals surface area contributed by atoms with E-state index in [0.29, 0.717) is 0 Å². The molecule has 0 atom stereocenters. The second kappa shape index (κ2) is 16.1. The van der Waals surface area contributed by atoms with Crippen molar-refractivity contribution in [2.45, 2.75) is 10.8 Å². The van der Waals surface area contributed by atoms with E-state index in [1.54, 1.807) is 0 Å². The first-order chi connectivity index (χ1) is 39.7. The fourth-order valence-electron chi connectivity index (χ4n) is 15.3. The summed E-state index contributed by atoms with van der Waals surface area (Å²) in [7, 11) is 0. The number of hydrogen-bond acceptors (Lipinski definition) is 2. The van der Waals surface area contributed by atoms with Gasteiger partial charge in [-0.05, 0) is 160 Å². The monoisotopic (exact) mass is 1010 g/mol. The molecule has 4 nitrogen and oxygen atoms in total. The number of fused-ring (bicyclic) bond motifs is 14. The molecule has 80 heavy (non-hydrogen) atoms. The molecular formula is C76H46N4. The standard InChI is InChI=1S/C76H46N4/c1-5-19-49(20-6-1)75(50-21-7-2-8-22-50)61-29-15-13-27-55(61)57-39-35-53(45-63(57)75)79-65-31-17-41-77-73(65)71-59-37-34-48-44-68-72(60-38-33-47(43-67(71)79)69(59)70(48)60)74-66(32-18-42-78-74)80(68)54-36-40-58-56-28-14-16-30-62(56)76(64(58)46-54,51-23-9-3-10-24-51)52-25-11-4-12-26-52/h1-46H. The average molecular weight is 1020 g/mol. The van der Waals surface area contributed by atoms with Crippen LogP contribution in [0, 0.1) is 0 Å². The quantitative estimate of drug-likeness (QED) is 0.156. The molecule has 4 heteroatoms. The van der Waals surface area contributed by atoms with E-state index in [-0.39, 0.29) is 0 Å². The Morgan fingerprint density at radius 2 is 0.625 bits per heavy atom. The minimum atomic E-state index is -0.525. The number of benzene rings is 12. The van der Waals surface area contributed by atoms with Crippen LogP contribution in [-0.4, -0.2) is 19.1 Å². The van der Waals surface area contributed by atoms with E-state index in [1.165, 1.54) is 99.1 Å². The first-order valence-corrected chi connectivity index (χ1v) is 27.7. The Morgan fingerprint density at radius 3 is 1.02 bits per heavy atom. The van der Waals surface area contributed by atoms with Crippen LogP contribution in [0.25, 0.3) is 110 Å². The van der Waals surface area contributed by atoms with Crippen molar-refractivity contribution >= 4 is 76.2 Å². The van der Waals surface area contributed by atoms with Crippen molar-refractivity contribution in [3.8, 4) is 33.6 Å². The number of aromatic nitrogens is 4. The fourth-order valence-corrected chi connectivity index (χ4v) is 15.3. The highest BCUT2D eigenvalue weighted by Crippen LogP contribution is 2.59. The highest BCUT2D eigenvalue weighted by Gasteiger charge is 2.48. The molecule has 16 aromatic rings. The maximum atomic E-state index is 5.25. The molecule has 0 spiro atoms. The first-order valence-electron chi connectivity index (χ1n) is 27.7. The fraction of sp³-hybridized carbons (Fsp3) is 0.0263. The van der Waals surface area contributed by atoms with E-state index in [2.05, 4.69) is 276 Å². The molecule has 4 heterocycles. The van der Waals surface area contributed by atoms with E-state index in [4.69, 9.17) is 9.97 Å². The average Bonchev–Trinajstić information content (AvgIpc) is 3.89. The van der Waals surface area contributed by atoms with E-state index in [1.807, 2.05) is 12.4 Å². The third-order valence-corrected chi connectivity index (χ3v) is 18.3. The van der Waals surface area contributed by atoms with Crippen LogP contribution in [0.5, 0.6) is 0 Å². The Labute approximate surface area is 461 Å². The Balaban J connectivity index is 0.873. The highest BCUT2D eigenvalue weighted by molar-refractivity contribution is 6.37. The predicted octanol–water partition coefficient (Wildman–Crippen LogP) is 18.3. The third kappa shape index (κ3) is 5.49. The lowest BCUT2D eigenvalue weighted by molar-refractivity contribution is 0.767. The SMILES string of the molecule is c1ccc(C2(c3ccccc3)c3ccccc3-c3ccc(-n4c5cccnc5c5c6ccc7cc8c(c9ccc(cc54)c6c79)c4ncccc4n8-c4ccc5c(c4)C(c4ccccc4)(c4ccccc4)c4ccccc4-5)cc32)cc1. The second-order valence-corrected chi connectivity index (χ2v) is 21.9. The second-order valence-electron chi connectivity index (χ2n) is 21.9. The molecule has 0 amide bonds. The molecule has 18 rings (SSSR count). The zero-order valence-corrected chi connectivity index (χ0v) is 43.3. The van der Waals surface area contributed by atoms with Crippen LogP contribution >= 0.6 is 0 Å². The normalized spacial score (nSPS) is 13.9. The van der Waals surface area contributed by atoms with Crippen LogP contribution in [0.2, 0.25) is 0 Å². The summed E-state index contributed by atoms with van der Waals surface area (Å²) in [6.07, 6.45) is 3.90. The van der Waals surface area contributed by atoms with Gasteiger partial charge in [0.2, 0.25) is 0 Å². The number of nitrogens with zero attached hydrogens (tertiary/aromatic N) is 4. The van der Waals surface area contributed by atoms with Gasteiger partial charge in [0.15, 0.2) is 0 Å². The molecule has 0 N–H and O–H groups in total. The van der Waals surface area contributed by atoms with E-state index >= 15 is 0 Å². The van der Waals surface area contributed by atoms with Crippen molar-refractivity contribution in [1.29, 1.82) is 0 Å². The van der Waals surface area contributed by atoms with Gasteiger partial charge in [0.1, 0.15) is 0 Å². The lowest BCUT2D eigenvalue weighted by Crippen LogP contribution is -2.28. The van der Waals surface area contributed by atoms with Crippen LogP contribution in [0.1, 0.15) is 44.5 Å². The minimum Gasteiger partial charge on any atom is -0.308 e. The summed E-state index contributed by atoms with van der Waals surface area (Å²) < 4.78 is 4.93. The van der Waals surface area contributed by atoms with Gasteiger partial charge in [-0.3, -0.25) is 9.97 Å². The van der Waals surface area contributed by atoms with Gasteiger partial charge in [0, 0.05) is 34.5 Å². The molecule has 0 bridgehead atoms.